The lowest BCUT2D eigenvalue weighted by Gasteiger charge is -2.27. The third-order valence-corrected chi connectivity index (χ3v) is 3.88. The summed E-state index contributed by atoms with van der Waals surface area (Å²) in [4.78, 5) is 47.2. The fourth-order valence-corrected chi connectivity index (χ4v) is 2.16. The van der Waals surface area contributed by atoms with Gasteiger partial charge >= 0.3 is 0 Å². The molecule has 0 rings (SSSR count). The largest absolute Gasteiger partial charge is 0.368 e. The fourth-order valence-electron chi connectivity index (χ4n) is 2.16. The molecule has 0 aliphatic carbocycles. The van der Waals surface area contributed by atoms with Crippen LogP contribution in [0.15, 0.2) is 0 Å². The van der Waals surface area contributed by atoms with Crippen molar-refractivity contribution in [2.24, 2.45) is 17.6 Å². The van der Waals surface area contributed by atoms with Crippen LogP contribution in [-0.2, 0) is 19.2 Å². The fraction of sp³-hybridized carbons (Fsp3) is 0.750. The molecule has 0 radical (unpaired) electrons. The quantitative estimate of drug-likeness (QED) is 0.457. The van der Waals surface area contributed by atoms with Gasteiger partial charge in [0.05, 0.1) is 0 Å². The first kappa shape index (κ1) is 21.9. The summed E-state index contributed by atoms with van der Waals surface area (Å²) in [5.74, 6) is -2.22. The van der Waals surface area contributed by atoms with Crippen molar-refractivity contribution in [2.45, 2.75) is 66.1 Å². The Morgan fingerprint density at radius 2 is 1.38 bits per heavy atom. The van der Waals surface area contributed by atoms with E-state index >= 15 is 0 Å². The highest BCUT2D eigenvalue weighted by Gasteiger charge is 2.31. The van der Waals surface area contributed by atoms with Gasteiger partial charge in [-0.25, -0.2) is 0 Å². The Kier molecular flexibility index (Phi) is 9.02. The van der Waals surface area contributed by atoms with Crippen LogP contribution in [0, 0.1) is 11.8 Å². The number of rotatable bonds is 9. The summed E-state index contributed by atoms with van der Waals surface area (Å²) in [6.45, 7) is 10.1. The average Bonchev–Trinajstić information content (AvgIpc) is 2.47. The van der Waals surface area contributed by atoms with Gasteiger partial charge < -0.3 is 21.7 Å². The predicted molar refractivity (Wildman–Crippen MR) is 90.6 cm³/mol. The minimum absolute atomic E-state index is 0.117. The molecular formula is C16H30N4O4. The van der Waals surface area contributed by atoms with Crippen LogP contribution in [0.2, 0.25) is 0 Å². The Balaban J connectivity index is 5.04. The number of hydrogen-bond donors (Lipinski definition) is 4. The van der Waals surface area contributed by atoms with E-state index in [-0.39, 0.29) is 17.7 Å². The highest BCUT2D eigenvalue weighted by molar-refractivity contribution is 5.93. The van der Waals surface area contributed by atoms with Crippen LogP contribution in [0.4, 0.5) is 0 Å². The number of carbonyl (C=O) groups is 4. The van der Waals surface area contributed by atoms with Gasteiger partial charge in [0.2, 0.25) is 23.6 Å². The van der Waals surface area contributed by atoms with E-state index in [2.05, 4.69) is 16.0 Å². The maximum Gasteiger partial charge on any atom is 0.243 e. The SMILES string of the molecule is CC[C@H](C)[C@H](NC(=O)[C@@H](NC(=O)[C@H](C)NC(C)=O)C(C)C)C(N)=O. The smallest absolute Gasteiger partial charge is 0.243 e. The monoisotopic (exact) mass is 342 g/mol. The van der Waals surface area contributed by atoms with E-state index < -0.39 is 35.8 Å². The highest BCUT2D eigenvalue weighted by Crippen LogP contribution is 2.09. The molecule has 8 nitrogen and oxygen atoms in total. The molecule has 5 N–H and O–H groups in total. The van der Waals surface area contributed by atoms with Gasteiger partial charge in [-0.15, -0.1) is 0 Å². The first-order valence-corrected chi connectivity index (χ1v) is 8.18. The Morgan fingerprint density at radius 3 is 1.75 bits per heavy atom. The van der Waals surface area contributed by atoms with Crippen LogP contribution in [0.3, 0.4) is 0 Å². The van der Waals surface area contributed by atoms with Crippen molar-refractivity contribution in [1.82, 2.24) is 16.0 Å². The first-order valence-electron chi connectivity index (χ1n) is 8.18. The summed E-state index contributed by atoms with van der Waals surface area (Å²) >= 11 is 0. The van der Waals surface area contributed by atoms with Crippen LogP contribution in [0.25, 0.3) is 0 Å². The van der Waals surface area contributed by atoms with Gasteiger partial charge in [-0.1, -0.05) is 34.1 Å². The highest BCUT2D eigenvalue weighted by atomic mass is 16.2. The molecule has 24 heavy (non-hydrogen) atoms. The minimum atomic E-state index is -0.834. The van der Waals surface area contributed by atoms with Crippen molar-refractivity contribution in [1.29, 1.82) is 0 Å². The van der Waals surface area contributed by atoms with Gasteiger partial charge in [0.15, 0.2) is 0 Å². The van der Waals surface area contributed by atoms with Crippen molar-refractivity contribution in [3.63, 3.8) is 0 Å². The summed E-state index contributed by atoms with van der Waals surface area (Å²) in [6.07, 6.45) is 0.673. The van der Waals surface area contributed by atoms with E-state index in [1.807, 2.05) is 13.8 Å². The number of hydrogen-bond acceptors (Lipinski definition) is 4. The second-order valence-corrected chi connectivity index (χ2v) is 6.43. The molecule has 0 saturated carbocycles. The van der Waals surface area contributed by atoms with Gasteiger partial charge in [0.1, 0.15) is 18.1 Å². The zero-order chi connectivity index (χ0) is 19.0. The molecule has 8 heteroatoms. The molecular weight excluding hydrogens is 312 g/mol. The van der Waals surface area contributed by atoms with Crippen molar-refractivity contribution < 1.29 is 19.2 Å². The van der Waals surface area contributed by atoms with E-state index in [4.69, 9.17) is 5.73 Å². The molecule has 0 aliphatic rings. The van der Waals surface area contributed by atoms with E-state index in [1.165, 1.54) is 13.8 Å². The lowest BCUT2D eigenvalue weighted by molar-refractivity contribution is -0.134. The number of nitrogens with two attached hydrogens (primary N) is 1. The van der Waals surface area contributed by atoms with Gasteiger partial charge in [-0.3, -0.25) is 19.2 Å². The van der Waals surface area contributed by atoms with Crippen LogP contribution < -0.4 is 21.7 Å². The standard InChI is InChI=1S/C16H30N4O4/c1-7-9(4)13(14(17)22)20-16(24)12(8(2)3)19-15(23)10(5)18-11(6)21/h8-10,12-13H,7H2,1-6H3,(H2,17,22)(H,18,21)(H,19,23)(H,20,24)/t9-,10-,12-,13-/m0/s1. The zero-order valence-electron chi connectivity index (χ0n) is 15.3. The first-order chi connectivity index (χ1) is 11.0. The zero-order valence-corrected chi connectivity index (χ0v) is 15.3. The normalized spacial score (nSPS) is 15.8. The molecule has 0 aromatic carbocycles. The Hall–Kier alpha value is -2.12. The van der Waals surface area contributed by atoms with E-state index in [0.717, 1.165) is 0 Å². The average molecular weight is 342 g/mol. The third-order valence-electron chi connectivity index (χ3n) is 3.88. The maximum atomic E-state index is 12.5. The summed E-state index contributed by atoms with van der Waals surface area (Å²) in [5, 5.41) is 7.68. The molecule has 0 spiro atoms. The lowest BCUT2D eigenvalue weighted by atomic mass is 9.96. The topological polar surface area (TPSA) is 130 Å². The summed E-state index contributed by atoms with van der Waals surface area (Å²) < 4.78 is 0. The number of amides is 4. The lowest BCUT2D eigenvalue weighted by Crippen LogP contribution is -2.58. The maximum absolute atomic E-state index is 12.5. The van der Waals surface area contributed by atoms with Crippen molar-refractivity contribution >= 4 is 23.6 Å². The molecule has 0 unspecified atom stereocenters. The molecule has 0 heterocycles. The summed E-state index contributed by atoms with van der Waals surface area (Å²) in [7, 11) is 0. The van der Waals surface area contributed by atoms with Crippen LogP contribution in [-0.4, -0.2) is 41.8 Å². The van der Waals surface area contributed by atoms with Crippen LogP contribution in [0.1, 0.15) is 48.0 Å². The van der Waals surface area contributed by atoms with Crippen LogP contribution >= 0.6 is 0 Å². The Bertz CT molecular complexity index is 479. The number of primary amides is 1. The second kappa shape index (κ2) is 9.89. The molecule has 0 saturated heterocycles. The Labute approximate surface area is 143 Å². The van der Waals surface area contributed by atoms with Gasteiger partial charge in [-0.05, 0) is 18.8 Å². The van der Waals surface area contributed by atoms with E-state index in [0.29, 0.717) is 6.42 Å². The number of carbonyl (C=O) groups excluding carboxylic acids is 4. The van der Waals surface area contributed by atoms with Crippen molar-refractivity contribution in [2.75, 3.05) is 0 Å². The molecule has 4 amide bonds. The summed E-state index contributed by atoms with van der Waals surface area (Å²) in [5.41, 5.74) is 5.35. The Morgan fingerprint density at radius 1 is 0.875 bits per heavy atom. The molecule has 4 atom stereocenters. The molecule has 0 aromatic rings. The number of nitrogens with one attached hydrogen (secondary N) is 3. The van der Waals surface area contributed by atoms with E-state index in [9.17, 15) is 19.2 Å². The van der Waals surface area contributed by atoms with E-state index in [1.54, 1.807) is 13.8 Å². The van der Waals surface area contributed by atoms with Crippen molar-refractivity contribution in [3.8, 4) is 0 Å². The van der Waals surface area contributed by atoms with Crippen molar-refractivity contribution in [3.05, 3.63) is 0 Å². The van der Waals surface area contributed by atoms with Crippen LogP contribution in [0.5, 0.6) is 0 Å². The molecule has 0 fully saturated rings. The molecule has 138 valence electrons. The molecule has 0 bridgehead atoms. The molecule has 0 aliphatic heterocycles. The van der Waals surface area contributed by atoms with Gasteiger partial charge in [-0.2, -0.15) is 0 Å². The predicted octanol–water partition coefficient (Wildman–Crippen LogP) is -0.332. The minimum Gasteiger partial charge on any atom is -0.368 e. The van der Waals surface area contributed by atoms with Gasteiger partial charge in [0.25, 0.3) is 0 Å². The van der Waals surface area contributed by atoms with Gasteiger partial charge in [0, 0.05) is 6.92 Å². The molecule has 0 aromatic heterocycles. The summed E-state index contributed by atoms with van der Waals surface area (Å²) in [6, 6.07) is -2.40. The second-order valence-electron chi connectivity index (χ2n) is 6.43. The third kappa shape index (κ3) is 6.97.